The van der Waals surface area contributed by atoms with E-state index in [4.69, 9.17) is 21.1 Å². The molecule has 2 aromatic carbocycles. The molecule has 1 heterocycles. The van der Waals surface area contributed by atoms with Crippen LogP contribution in [0.4, 0.5) is 0 Å². The summed E-state index contributed by atoms with van der Waals surface area (Å²) in [4.78, 5) is 0. The van der Waals surface area contributed by atoms with Gasteiger partial charge in [0, 0.05) is 0 Å². The fourth-order valence-corrected chi connectivity index (χ4v) is 2.44. The molecule has 0 saturated heterocycles. The van der Waals surface area contributed by atoms with Gasteiger partial charge in [0.05, 0.1) is 10.6 Å². The highest BCUT2D eigenvalue weighted by molar-refractivity contribution is 6.53. The van der Waals surface area contributed by atoms with E-state index in [0.29, 0.717) is 35.3 Å². The molecule has 0 atom stereocenters. The predicted molar refractivity (Wildman–Crippen MR) is 82.2 cm³/mol. The maximum atomic E-state index is 9.40. The Morgan fingerprint density at radius 3 is 2.38 bits per heavy atom. The first-order valence-corrected chi connectivity index (χ1v) is 6.92. The molecule has 4 heteroatoms. The summed E-state index contributed by atoms with van der Waals surface area (Å²) >= 11 is 6.41. The average Bonchev–Trinajstić information content (AvgIpc) is 2.56. The number of allylic oxidation sites excluding steroid dienone is 1. The third-order valence-electron chi connectivity index (χ3n) is 3.19. The Hall–Kier alpha value is -2.44. The molecule has 0 aromatic heterocycles. The summed E-state index contributed by atoms with van der Waals surface area (Å²) in [6.07, 6.45) is 0. The van der Waals surface area contributed by atoms with Crippen LogP contribution in [0.5, 0.6) is 11.5 Å². The van der Waals surface area contributed by atoms with Crippen LogP contribution >= 0.6 is 11.6 Å². The Morgan fingerprint density at radius 1 is 0.952 bits per heavy atom. The molecule has 2 aromatic rings. The van der Waals surface area contributed by atoms with Crippen LogP contribution in [0.15, 0.2) is 48.5 Å². The van der Waals surface area contributed by atoms with Crippen LogP contribution < -0.4 is 9.47 Å². The van der Waals surface area contributed by atoms with Crippen LogP contribution in [0.1, 0.15) is 11.1 Å². The van der Waals surface area contributed by atoms with Gasteiger partial charge in [-0.1, -0.05) is 41.9 Å². The van der Waals surface area contributed by atoms with Crippen LogP contribution in [0, 0.1) is 11.3 Å². The normalized spacial score (nSPS) is 14.1. The maximum Gasteiger partial charge on any atom is 0.162 e. The second kappa shape index (κ2) is 5.90. The molecule has 0 N–H and O–H groups in total. The summed E-state index contributed by atoms with van der Waals surface area (Å²) in [7, 11) is 0. The molecular weight excluding hydrogens is 286 g/mol. The molecule has 1 aliphatic heterocycles. The zero-order chi connectivity index (χ0) is 14.7. The maximum absolute atomic E-state index is 9.40. The first kappa shape index (κ1) is 13.5. The molecule has 3 rings (SSSR count). The number of hydrogen-bond donors (Lipinski definition) is 0. The molecule has 0 bridgehead atoms. The van der Waals surface area contributed by atoms with E-state index in [1.54, 1.807) is 6.07 Å². The van der Waals surface area contributed by atoms with Crippen molar-refractivity contribution in [2.45, 2.75) is 0 Å². The lowest BCUT2D eigenvalue weighted by Crippen LogP contribution is -2.15. The predicted octanol–water partition coefficient (Wildman–Crippen LogP) is 4.09. The highest BCUT2D eigenvalue weighted by atomic mass is 35.5. The first-order valence-electron chi connectivity index (χ1n) is 6.55. The van der Waals surface area contributed by atoms with Crippen LogP contribution in [-0.2, 0) is 0 Å². The molecule has 1 aliphatic rings. The Labute approximate surface area is 128 Å². The number of ether oxygens (including phenoxy) is 2. The van der Waals surface area contributed by atoms with Crippen LogP contribution in [0.25, 0.3) is 10.6 Å². The van der Waals surface area contributed by atoms with Crippen LogP contribution in [0.2, 0.25) is 0 Å². The van der Waals surface area contributed by atoms with Crippen molar-refractivity contribution in [3.05, 3.63) is 59.7 Å². The molecule has 0 fully saturated rings. The summed E-state index contributed by atoms with van der Waals surface area (Å²) in [5.74, 6) is 1.36. The number of rotatable bonds is 2. The van der Waals surface area contributed by atoms with Gasteiger partial charge in [-0.05, 0) is 29.3 Å². The molecular formula is C17H12ClNO2. The highest BCUT2D eigenvalue weighted by Crippen LogP contribution is 2.36. The minimum Gasteiger partial charge on any atom is -0.486 e. The Kier molecular flexibility index (Phi) is 3.81. The summed E-state index contributed by atoms with van der Waals surface area (Å²) < 4.78 is 11.0. The Morgan fingerprint density at radius 2 is 1.67 bits per heavy atom. The smallest absolute Gasteiger partial charge is 0.162 e. The van der Waals surface area contributed by atoms with E-state index >= 15 is 0 Å². The molecule has 104 valence electrons. The van der Waals surface area contributed by atoms with Crippen molar-refractivity contribution < 1.29 is 9.47 Å². The van der Waals surface area contributed by atoms with E-state index < -0.39 is 0 Å². The van der Waals surface area contributed by atoms with E-state index in [0.717, 1.165) is 11.1 Å². The van der Waals surface area contributed by atoms with Crippen molar-refractivity contribution in [1.82, 2.24) is 0 Å². The summed E-state index contributed by atoms with van der Waals surface area (Å²) in [5.41, 5.74) is 1.97. The van der Waals surface area contributed by atoms with Gasteiger partial charge in [0.1, 0.15) is 19.3 Å². The van der Waals surface area contributed by atoms with Gasteiger partial charge in [-0.3, -0.25) is 0 Å². The van der Waals surface area contributed by atoms with Gasteiger partial charge >= 0.3 is 0 Å². The lowest BCUT2D eigenvalue weighted by Gasteiger charge is -2.19. The lowest BCUT2D eigenvalue weighted by molar-refractivity contribution is 0.171. The highest BCUT2D eigenvalue weighted by Gasteiger charge is 2.15. The first-order chi connectivity index (χ1) is 10.3. The monoisotopic (exact) mass is 297 g/mol. The number of nitriles is 1. The molecule has 0 saturated carbocycles. The number of nitrogens with zero attached hydrogens (tertiary/aromatic N) is 1. The average molecular weight is 298 g/mol. The lowest BCUT2D eigenvalue weighted by atomic mass is 10.0. The molecule has 0 unspecified atom stereocenters. The van der Waals surface area contributed by atoms with Crippen molar-refractivity contribution in [2.75, 3.05) is 13.2 Å². The fraction of sp³-hybridized carbons (Fsp3) is 0.118. The van der Waals surface area contributed by atoms with Crippen molar-refractivity contribution in [3.8, 4) is 17.6 Å². The minimum absolute atomic E-state index is 0.403. The van der Waals surface area contributed by atoms with E-state index in [9.17, 15) is 5.26 Å². The SMILES string of the molecule is N#CC(=C(Cl)c1ccc2c(c1)OCCO2)c1ccccc1. The zero-order valence-corrected chi connectivity index (χ0v) is 11.9. The minimum atomic E-state index is 0.403. The zero-order valence-electron chi connectivity index (χ0n) is 11.2. The van der Waals surface area contributed by atoms with Gasteiger partial charge in [0.15, 0.2) is 11.5 Å². The molecule has 0 spiro atoms. The van der Waals surface area contributed by atoms with Gasteiger partial charge in [0.2, 0.25) is 0 Å². The molecule has 3 nitrogen and oxygen atoms in total. The van der Waals surface area contributed by atoms with Gasteiger partial charge in [0.25, 0.3) is 0 Å². The van der Waals surface area contributed by atoms with E-state index in [2.05, 4.69) is 6.07 Å². The van der Waals surface area contributed by atoms with Gasteiger partial charge < -0.3 is 9.47 Å². The van der Waals surface area contributed by atoms with Crippen molar-refractivity contribution in [3.63, 3.8) is 0 Å². The third kappa shape index (κ3) is 2.72. The second-order valence-electron chi connectivity index (χ2n) is 4.53. The molecule has 0 aliphatic carbocycles. The number of hydrogen-bond acceptors (Lipinski definition) is 3. The molecule has 0 radical (unpaired) electrons. The van der Waals surface area contributed by atoms with E-state index in [-0.39, 0.29) is 0 Å². The van der Waals surface area contributed by atoms with Crippen LogP contribution in [0.3, 0.4) is 0 Å². The van der Waals surface area contributed by atoms with Crippen molar-refractivity contribution >= 4 is 22.2 Å². The molecule has 21 heavy (non-hydrogen) atoms. The quantitative estimate of drug-likeness (QED) is 0.619. The van der Waals surface area contributed by atoms with E-state index in [1.807, 2.05) is 42.5 Å². The standard InChI is InChI=1S/C17H12ClNO2/c18-17(14(11-19)12-4-2-1-3-5-12)13-6-7-15-16(10-13)21-9-8-20-15/h1-7,10H,8-9H2. The Bertz CT molecular complexity index is 732. The summed E-state index contributed by atoms with van der Waals surface area (Å²) in [6.45, 7) is 1.06. The Balaban J connectivity index is 2.06. The molecule has 0 amide bonds. The summed E-state index contributed by atoms with van der Waals surface area (Å²) in [6, 6.07) is 17.0. The van der Waals surface area contributed by atoms with E-state index in [1.165, 1.54) is 0 Å². The third-order valence-corrected chi connectivity index (χ3v) is 3.60. The van der Waals surface area contributed by atoms with Crippen LogP contribution in [-0.4, -0.2) is 13.2 Å². The number of fused-ring (bicyclic) bond motifs is 1. The topological polar surface area (TPSA) is 42.2 Å². The fourth-order valence-electron chi connectivity index (χ4n) is 2.17. The number of halogens is 1. The second-order valence-corrected chi connectivity index (χ2v) is 4.90. The largest absolute Gasteiger partial charge is 0.486 e. The van der Waals surface area contributed by atoms with Crippen molar-refractivity contribution in [2.24, 2.45) is 0 Å². The van der Waals surface area contributed by atoms with Gasteiger partial charge in [-0.25, -0.2) is 0 Å². The van der Waals surface area contributed by atoms with Gasteiger partial charge in [-0.15, -0.1) is 0 Å². The number of benzene rings is 2. The van der Waals surface area contributed by atoms with Gasteiger partial charge in [-0.2, -0.15) is 5.26 Å². The summed E-state index contributed by atoms with van der Waals surface area (Å²) in [5, 5.41) is 9.80. The van der Waals surface area contributed by atoms with Crippen molar-refractivity contribution in [1.29, 1.82) is 5.26 Å².